The van der Waals surface area contributed by atoms with E-state index in [4.69, 9.17) is 0 Å². The fourth-order valence-corrected chi connectivity index (χ4v) is 4.60. The SMILES string of the molecule is O=C(N[C@@H]1C[C@@H]2CCN(C2)C1)c1ccc(-c2cccc(O)c2)s1. The largest absolute Gasteiger partial charge is 0.508 e. The van der Waals surface area contributed by atoms with Crippen LogP contribution in [-0.4, -0.2) is 41.6 Å². The summed E-state index contributed by atoms with van der Waals surface area (Å²) in [5, 5.41) is 12.8. The van der Waals surface area contributed by atoms with Gasteiger partial charge >= 0.3 is 0 Å². The first-order chi connectivity index (χ1) is 11.2. The Bertz CT molecular complexity index is 715. The molecule has 2 bridgehead atoms. The minimum absolute atomic E-state index is 0.0221. The van der Waals surface area contributed by atoms with Crippen molar-refractivity contribution in [3.63, 3.8) is 0 Å². The second kappa shape index (κ2) is 5.98. The van der Waals surface area contributed by atoms with Crippen LogP contribution in [0.5, 0.6) is 5.75 Å². The topological polar surface area (TPSA) is 52.6 Å². The third-order valence-electron chi connectivity index (χ3n) is 4.76. The maximum absolute atomic E-state index is 12.5. The van der Waals surface area contributed by atoms with E-state index in [1.807, 2.05) is 24.3 Å². The van der Waals surface area contributed by atoms with Crippen LogP contribution in [0.3, 0.4) is 0 Å². The summed E-state index contributed by atoms with van der Waals surface area (Å²) in [6, 6.07) is 11.2. The van der Waals surface area contributed by atoms with Crippen LogP contribution in [-0.2, 0) is 0 Å². The van der Waals surface area contributed by atoms with Crippen molar-refractivity contribution in [3.8, 4) is 16.2 Å². The monoisotopic (exact) mass is 328 g/mol. The van der Waals surface area contributed by atoms with E-state index in [1.54, 1.807) is 12.1 Å². The van der Waals surface area contributed by atoms with Gasteiger partial charge in [0.05, 0.1) is 4.88 Å². The number of piperidine rings is 1. The molecule has 0 saturated carbocycles. The number of thiophene rings is 1. The van der Waals surface area contributed by atoms with Gasteiger partial charge in [-0.1, -0.05) is 12.1 Å². The standard InChI is InChI=1S/C18H20N2O2S/c21-15-3-1-2-13(9-15)16-4-5-17(23-16)18(22)19-14-8-12-6-7-20(10-12)11-14/h1-5,9,12,14,21H,6-8,10-11H2,(H,19,22)/t12-,14+/m0/s1. The highest BCUT2D eigenvalue weighted by molar-refractivity contribution is 7.17. The lowest BCUT2D eigenvalue weighted by Gasteiger charge is -2.30. The molecule has 0 spiro atoms. The molecule has 3 atom stereocenters. The van der Waals surface area contributed by atoms with Gasteiger partial charge in [-0.3, -0.25) is 4.79 Å². The molecule has 23 heavy (non-hydrogen) atoms. The van der Waals surface area contributed by atoms with Gasteiger partial charge in [0.2, 0.25) is 0 Å². The lowest BCUT2D eigenvalue weighted by Crippen LogP contribution is -2.46. The van der Waals surface area contributed by atoms with E-state index in [2.05, 4.69) is 10.2 Å². The highest BCUT2D eigenvalue weighted by Crippen LogP contribution is 2.31. The second-order valence-electron chi connectivity index (χ2n) is 6.53. The van der Waals surface area contributed by atoms with Crippen LogP contribution < -0.4 is 5.32 Å². The van der Waals surface area contributed by atoms with Gasteiger partial charge in [0.1, 0.15) is 5.75 Å². The average molecular weight is 328 g/mol. The summed E-state index contributed by atoms with van der Waals surface area (Å²) in [6.07, 6.45) is 2.38. The molecule has 0 aliphatic carbocycles. The van der Waals surface area contributed by atoms with Crippen LogP contribution in [0.4, 0.5) is 0 Å². The van der Waals surface area contributed by atoms with Gasteiger partial charge in [-0.2, -0.15) is 0 Å². The molecule has 2 fully saturated rings. The molecule has 2 aromatic rings. The number of amides is 1. The number of hydrogen-bond donors (Lipinski definition) is 2. The molecule has 4 rings (SSSR count). The Morgan fingerprint density at radius 3 is 3.00 bits per heavy atom. The minimum atomic E-state index is 0.0221. The van der Waals surface area contributed by atoms with Crippen LogP contribution in [0.1, 0.15) is 22.5 Å². The number of carbonyl (C=O) groups excluding carboxylic acids is 1. The minimum Gasteiger partial charge on any atom is -0.508 e. The zero-order valence-corrected chi connectivity index (χ0v) is 13.7. The number of phenols is 1. The first-order valence-corrected chi connectivity index (χ1v) is 8.91. The second-order valence-corrected chi connectivity index (χ2v) is 7.62. The van der Waals surface area contributed by atoms with Crippen molar-refractivity contribution in [2.24, 2.45) is 5.92 Å². The maximum atomic E-state index is 12.5. The smallest absolute Gasteiger partial charge is 0.261 e. The zero-order chi connectivity index (χ0) is 15.8. The molecular formula is C18H20N2O2S. The van der Waals surface area contributed by atoms with Gasteiger partial charge in [0, 0.05) is 24.0 Å². The van der Waals surface area contributed by atoms with Gasteiger partial charge in [-0.05, 0) is 55.1 Å². The van der Waals surface area contributed by atoms with E-state index in [9.17, 15) is 9.90 Å². The number of benzene rings is 1. The summed E-state index contributed by atoms with van der Waals surface area (Å²) in [5.74, 6) is 1.02. The molecule has 3 heterocycles. The number of fused-ring (bicyclic) bond motifs is 2. The number of aromatic hydroxyl groups is 1. The fraction of sp³-hybridized carbons (Fsp3) is 0.389. The summed E-state index contributed by atoms with van der Waals surface area (Å²) in [4.78, 5) is 16.7. The molecule has 5 heteroatoms. The van der Waals surface area contributed by atoms with Gasteiger partial charge in [-0.15, -0.1) is 11.3 Å². The Kier molecular flexibility index (Phi) is 3.83. The quantitative estimate of drug-likeness (QED) is 0.911. The van der Waals surface area contributed by atoms with Crippen LogP contribution in [0.15, 0.2) is 36.4 Å². The van der Waals surface area contributed by atoms with Gasteiger partial charge in [0.25, 0.3) is 5.91 Å². The van der Waals surface area contributed by atoms with Crippen molar-refractivity contribution in [3.05, 3.63) is 41.3 Å². The van der Waals surface area contributed by atoms with Crippen LogP contribution in [0.25, 0.3) is 10.4 Å². The molecule has 2 saturated heterocycles. The van der Waals surface area contributed by atoms with Crippen molar-refractivity contribution in [1.82, 2.24) is 10.2 Å². The Hall–Kier alpha value is -1.85. The summed E-state index contributed by atoms with van der Waals surface area (Å²) in [6.45, 7) is 3.36. The highest BCUT2D eigenvalue weighted by atomic mass is 32.1. The first kappa shape index (κ1) is 14.7. The van der Waals surface area contributed by atoms with Crippen LogP contribution in [0.2, 0.25) is 0 Å². The average Bonchev–Trinajstić information content (AvgIpc) is 3.14. The van der Waals surface area contributed by atoms with Crippen molar-refractivity contribution in [2.75, 3.05) is 19.6 Å². The van der Waals surface area contributed by atoms with E-state index < -0.39 is 0 Å². The molecule has 1 aromatic carbocycles. The normalized spacial score (nSPS) is 26.2. The summed E-state index contributed by atoms with van der Waals surface area (Å²) in [5.41, 5.74) is 0.941. The van der Waals surface area contributed by atoms with Gasteiger partial charge in [-0.25, -0.2) is 0 Å². The molecular weight excluding hydrogens is 308 g/mol. The fourth-order valence-electron chi connectivity index (χ4n) is 3.69. The Morgan fingerprint density at radius 2 is 2.17 bits per heavy atom. The molecule has 4 nitrogen and oxygen atoms in total. The van der Waals surface area contributed by atoms with Crippen LogP contribution >= 0.6 is 11.3 Å². The maximum Gasteiger partial charge on any atom is 0.261 e. The van der Waals surface area contributed by atoms with Crippen LogP contribution in [0, 0.1) is 5.92 Å². The van der Waals surface area contributed by atoms with E-state index in [0.717, 1.165) is 34.2 Å². The van der Waals surface area contributed by atoms with Gasteiger partial charge < -0.3 is 15.3 Å². The molecule has 2 aliphatic rings. The van der Waals surface area contributed by atoms with E-state index in [0.29, 0.717) is 0 Å². The van der Waals surface area contributed by atoms with E-state index >= 15 is 0 Å². The summed E-state index contributed by atoms with van der Waals surface area (Å²) < 4.78 is 0. The number of nitrogens with one attached hydrogen (secondary N) is 1. The molecule has 1 aromatic heterocycles. The third-order valence-corrected chi connectivity index (χ3v) is 5.90. The number of nitrogens with zero attached hydrogens (tertiary/aromatic N) is 1. The molecule has 120 valence electrons. The highest BCUT2D eigenvalue weighted by Gasteiger charge is 2.33. The Balaban J connectivity index is 1.45. The number of carbonyl (C=O) groups is 1. The number of hydrogen-bond acceptors (Lipinski definition) is 4. The predicted octanol–water partition coefficient (Wildman–Crippen LogP) is 2.94. The van der Waals surface area contributed by atoms with E-state index in [1.165, 1.54) is 30.8 Å². The zero-order valence-electron chi connectivity index (χ0n) is 12.9. The third kappa shape index (κ3) is 3.12. The predicted molar refractivity (Wildman–Crippen MR) is 91.8 cm³/mol. The summed E-state index contributed by atoms with van der Waals surface area (Å²) >= 11 is 1.47. The van der Waals surface area contributed by atoms with Crippen molar-refractivity contribution >= 4 is 17.2 Å². The van der Waals surface area contributed by atoms with Crippen molar-refractivity contribution < 1.29 is 9.90 Å². The lowest BCUT2D eigenvalue weighted by atomic mass is 9.97. The lowest BCUT2D eigenvalue weighted by molar-refractivity contribution is 0.0913. The van der Waals surface area contributed by atoms with Gasteiger partial charge in [0.15, 0.2) is 0 Å². The molecule has 1 amide bonds. The first-order valence-electron chi connectivity index (χ1n) is 8.10. The molecule has 0 radical (unpaired) electrons. The molecule has 2 N–H and O–H groups in total. The van der Waals surface area contributed by atoms with E-state index in [-0.39, 0.29) is 17.7 Å². The number of rotatable bonds is 3. The molecule has 2 aliphatic heterocycles. The Morgan fingerprint density at radius 1 is 1.26 bits per heavy atom. The number of phenolic OH excluding ortho intramolecular Hbond substituents is 1. The molecule has 1 unspecified atom stereocenters. The summed E-state index contributed by atoms with van der Waals surface area (Å²) in [7, 11) is 0. The van der Waals surface area contributed by atoms with Crippen molar-refractivity contribution in [1.29, 1.82) is 0 Å². The Labute approximate surface area is 139 Å². The van der Waals surface area contributed by atoms with Crippen molar-refractivity contribution in [2.45, 2.75) is 18.9 Å².